The molecule has 6 atom stereocenters. The summed E-state index contributed by atoms with van der Waals surface area (Å²) in [7, 11) is -3.03. The summed E-state index contributed by atoms with van der Waals surface area (Å²) in [5, 5.41) is 0. The minimum absolute atomic E-state index is 0.0102. The summed E-state index contributed by atoms with van der Waals surface area (Å²) in [4.78, 5) is 26.9. The van der Waals surface area contributed by atoms with Crippen molar-refractivity contribution in [3.05, 3.63) is 51.3 Å². The molecule has 1 saturated heterocycles. The Morgan fingerprint density at radius 2 is 1.36 bits per heavy atom. The van der Waals surface area contributed by atoms with Gasteiger partial charge in [-0.1, -0.05) is 18.2 Å². The molecule has 4 aliphatic carbocycles. The van der Waals surface area contributed by atoms with Gasteiger partial charge in [0.2, 0.25) is 0 Å². The summed E-state index contributed by atoms with van der Waals surface area (Å²) in [6.07, 6.45) is 1.33. The molecule has 0 amide bonds. The first-order chi connectivity index (χ1) is 13.5. The predicted molar refractivity (Wildman–Crippen MR) is 99.1 cm³/mol. The molecule has 4 saturated carbocycles. The Kier molecular flexibility index (Phi) is 2.03. The first kappa shape index (κ1) is 14.8. The van der Waals surface area contributed by atoms with Crippen molar-refractivity contribution in [1.29, 1.82) is 0 Å². The van der Waals surface area contributed by atoms with Crippen LogP contribution in [0.4, 0.5) is 0 Å². The van der Waals surface area contributed by atoms with Gasteiger partial charge < -0.3 is 0 Å². The second kappa shape index (κ2) is 3.84. The van der Waals surface area contributed by atoms with Crippen LogP contribution in [0.2, 0.25) is 0 Å². The van der Waals surface area contributed by atoms with Crippen LogP contribution >= 0.6 is 0 Å². The second-order valence-corrected chi connectivity index (χ2v) is 12.1. The van der Waals surface area contributed by atoms with Gasteiger partial charge in [-0.25, -0.2) is 31.9 Å². The normalized spacial score (nSPS) is 49.3. The van der Waals surface area contributed by atoms with Crippen LogP contribution in [0.1, 0.15) is 24.9 Å². The first-order valence-electron chi connectivity index (χ1n) is 10.2. The van der Waals surface area contributed by atoms with Gasteiger partial charge in [-0.15, -0.1) is 0 Å². The number of sulfone groups is 1. The molecule has 144 valence electrons. The molecule has 0 N–H and O–H groups in total. The Balaban J connectivity index is 1.42. The highest BCUT2D eigenvalue weighted by Gasteiger charge is 3.02. The van der Waals surface area contributed by atoms with Crippen LogP contribution < -0.4 is 11.4 Å². The largest absolute Gasteiger partial charge is 0.352 e. The van der Waals surface area contributed by atoms with E-state index in [0.717, 1.165) is 0 Å². The number of rotatable bonds is 1. The quantitative estimate of drug-likeness (QED) is 0.706. The van der Waals surface area contributed by atoms with Crippen LogP contribution in [0.25, 0.3) is 5.69 Å². The fraction of sp³-hybridized carbons (Fsp3) is 0.600. The standard InChI is InChI=1S/C20H19N3O4S/c24-17-21(10-4-2-1-3-5-10)18(25)23-16-13-11-12(13)15(22(17)23)19-6-8-28(26,27)9-7-20(16,19)14(11)19/h1-5,11-16H,6-9H2. The molecule has 6 unspecified atom stereocenters. The zero-order valence-corrected chi connectivity index (χ0v) is 15.9. The molecule has 5 fully saturated rings. The molecule has 9 rings (SSSR count). The van der Waals surface area contributed by atoms with Crippen molar-refractivity contribution >= 4 is 9.84 Å². The molecule has 8 heteroatoms. The van der Waals surface area contributed by atoms with Gasteiger partial charge in [-0.2, -0.15) is 0 Å². The van der Waals surface area contributed by atoms with Gasteiger partial charge >= 0.3 is 11.4 Å². The van der Waals surface area contributed by atoms with E-state index in [1.165, 1.54) is 4.57 Å². The highest BCUT2D eigenvalue weighted by atomic mass is 32.2. The van der Waals surface area contributed by atoms with Crippen molar-refractivity contribution in [3.63, 3.8) is 0 Å². The third-order valence-electron chi connectivity index (χ3n) is 9.46. The van der Waals surface area contributed by atoms with Crippen LogP contribution in [0.15, 0.2) is 39.9 Å². The molecule has 3 aliphatic heterocycles. The number of hydrogen-bond donors (Lipinski definition) is 0. The topological polar surface area (TPSA) is 83.1 Å². The summed E-state index contributed by atoms with van der Waals surface area (Å²) < 4.78 is 29.6. The molecule has 2 bridgehead atoms. The average Bonchev–Trinajstić information content (AvgIpc) is 3.45. The lowest BCUT2D eigenvalue weighted by atomic mass is 9.69. The Hall–Kier alpha value is -2.09. The van der Waals surface area contributed by atoms with E-state index in [1.54, 1.807) is 21.5 Å². The monoisotopic (exact) mass is 397 g/mol. The average molecular weight is 397 g/mol. The van der Waals surface area contributed by atoms with E-state index in [9.17, 15) is 18.0 Å². The summed E-state index contributed by atoms with van der Waals surface area (Å²) in [5.74, 6) is 2.54. The third-order valence-corrected chi connectivity index (χ3v) is 11.1. The van der Waals surface area contributed by atoms with E-state index in [2.05, 4.69) is 0 Å². The van der Waals surface area contributed by atoms with Crippen molar-refractivity contribution in [2.45, 2.75) is 24.9 Å². The molecule has 1 aromatic carbocycles. The highest BCUT2D eigenvalue weighted by molar-refractivity contribution is 7.91. The van der Waals surface area contributed by atoms with Crippen molar-refractivity contribution in [2.24, 2.45) is 34.5 Å². The van der Waals surface area contributed by atoms with Crippen LogP contribution in [0.3, 0.4) is 0 Å². The van der Waals surface area contributed by atoms with E-state index in [1.807, 2.05) is 18.2 Å². The number of nitrogens with zero attached hydrogens (tertiary/aromatic N) is 3. The summed E-state index contributed by atoms with van der Waals surface area (Å²) in [6, 6.07) is 9.16. The maximum Gasteiger partial charge on any atom is 0.352 e. The van der Waals surface area contributed by atoms with E-state index in [4.69, 9.17) is 0 Å². The van der Waals surface area contributed by atoms with Crippen molar-refractivity contribution in [2.75, 3.05) is 11.5 Å². The zero-order chi connectivity index (χ0) is 18.8. The van der Waals surface area contributed by atoms with E-state index in [-0.39, 0.29) is 45.8 Å². The smallest absolute Gasteiger partial charge is 0.245 e. The van der Waals surface area contributed by atoms with Gasteiger partial charge in [0.1, 0.15) is 9.84 Å². The van der Waals surface area contributed by atoms with E-state index >= 15 is 0 Å². The minimum Gasteiger partial charge on any atom is -0.245 e. The third kappa shape index (κ3) is 1.14. The van der Waals surface area contributed by atoms with Gasteiger partial charge in [-0.05, 0) is 48.6 Å². The lowest BCUT2D eigenvalue weighted by Gasteiger charge is -2.47. The molecule has 2 aromatic rings. The van der Waals surface area contributed by atoms with Crippen LogP contribution in [0, 0.1) is 34.5 Å². The fourth-order valence-electron chi connectivity index (χ4n) is 9.01. The minimum atomic E-state index is -3.03. The second-order valence-electron chi connectivity index (χ2n) is 9.76. The Labute approximate surface area is 160 Å². The van der Waals surface area contributed by atoms with Crippen molar-refractivity contribution in [1.82, 2.24) is 13.9 Å². The van der Waals surface area contributed by atoms with E-state index < -0.39 is 9.84 Å². The molecule has 7 nitrogen and oxygen atoms in total. The molecule has 7 aliphatic rings. The molecular formula is C20H19N3O4S. The lowest BCUT2D eigenvalue weighted by Crippen LogP contribution is -2.52. The number of aromatic nitrogens is 3. The van der Waals surface area contributed by atoms with Crippen LogP contribution in [-0.2, 0) is 9.84 Å². The van der Waals surface area contributed by atoms with Crippen LogP contribution in [0.5, 0.6) is 0 Å². The summed E-state index contributed by atoms with van der Waals surface area (Å²) in [5.41, 5.74) is -0.0239. The van der Waals surface area contributed by atoms with Gasteiger partial charge in [0.15, 0.2) is 0 Å². The van der Waals surface area contributed by atoms with E-state index in [0.29, 0.717) is 42.2 Å². The highest BCUT2D eigenvalue weighted by Crippen LogP contribution is 3.04. The molecule has 28 heavy (non-hydrogen) atoms. The maximum absolute atomic E-state index is 13.4. The summed E-state index contributed by atoms with van der Waals surface area (Å²) >= 11 is 0. The fourth-order valence-corrected chi connectivity index (χ4v) is 10.5. The Morgan fingerprint density at radius 1 is 0.821 bits per heavy atom. The van der Waals surface area contributed by atoms with Gasteiger partial charge in [-0.3, -0.25) is 0 Å². The maximum atomic E-state index is 13.4. The number of benzene rings is 1. The number of hydrogen-bond acceptors (Lipinski definition) is 4. The van der Waals surface area contributed by atoms with Crippen molar-refractivity contribution < 1.29 is 8.42 Å². The van der Waals surface area contributed by atoms with Gasteiger partial charge in [0.05, 0.1) is 29.3 Å². The zero-order valence-electron chi connectivity index (χ0n) is 15.1. The lowest BCUT2D eigenvalue weighted by molar-refractivity contribution is -0.00192. The number of para-hydroxylation sites is 1. The van der Waals surface area contributed by atoms with Gasteiger partial charge in [0.25, 0.3) is 0 Å². The van der Waals surface area contributed by atoms with Gasteiger partial charge in [0, 0.05) is 10.8 Å². The molecule has 4 heterocycles. The SMILES string of the molecule is O=c1n(-c2ccccc2)c(=O)n2n1C1C3C4C3C3C15CCS(=O)(=O)CCC35C42. The van der Waals surface area contributed by atoms with Crippen molar-refractivity contribution in [3.8, 4) is 5.69 Å². The molecule has 0 radical (unpaired) electrons. The first-order valence-corrected chi connectivity index (χ1v) is 12.0. The van der Waals surface area contributed by atoms with Crippen LogP contribution in [-0.4, -0.2) is 33.9 Å². The Bertz CT molecular complexity index is 1260. The Morgan fingerprint density at radius 3 is 1.89 bits per heavy atom. The molecular weight excluding hydrogens is 378 g/mol. The summed E-state index contributed by atoms with van der Waals surface area (Å²) in [6.45, 7) is 0. The predicted octanol–water partition coefficient (Wildman–Crippen LogP) is 0.597. The molecule has 1 aromatic heterocycles. The molecule has 2 spiro atoms.